The number of hydrogen-bond donors (Lipinski definition) is 3. The number of aromatic nitrogens is 1. The quantitative estimate of drug-likeness (QED) is 0.534. The third kappa shape index (κ3) is 1.43. The van der Waals surface area contributed by atoms with Crippen molar-refractivity contribution in [1.82, 2.24) is 4.98 Å². The molecule has 0 bridgehead atoms. The van der Waals surface area contributed by atoms with E-state index < -0.39 is 7.12 Å². The summed E-state index contributed by atoms with van der Waals surface area (Å²) in [5.74, 6) is 0.0847. The Bertz CT molecular complexity index is 473. The van der Waals surface area contributed by atoms with Crippen molar-refractivity contribution in [2.75, 3.05) is 0 Å². The number of fused-ring (bicyclic) bond motifs is 1. The number of pyridine rings is 1. The van der Waals surface area contributed by atoms with Gasteiger partial charge in [0.2, 0.25) is 0 Å². The van der Waals surface area contributed by atoms with Gasteiger partial charge in [0.05, 0.1) is 0 Å². The van der Waals surface area contributed by atoms with Crippen LogP contribution in [0.15, 0.2) is 30.5 Å². The topological polar surface area (TPSA) is 73.6 Å². The highest BCUT2D eigenvalue weighted by Gasteiger charge is 2.12. The van der Waals surface area contributed by atoms with E-state index in [2.05, 4.69) is 4.98 Å². The summed E-state index contributed by atoms with van der Waals surface area (Å²) >= 11 is 0. The molecule has 0 aliphatic heterocycles. The lowest BCUT2D eigenvalue weighted by Gasteiger charge is -2.02. The van der Waals surface area contributed by atoms with E-state index in [0.717, 1.165) is 0 Å². The summed E-state index contributed by atoms with van der Waals surface area (Å²) < 4.78 is 0. The van der Waals surface area contributed by atoms with Gasteiger partial charge in [-0.05, 0) is 6.07 Å². The standard InChI is InChI=1S/C9H8BNO3/c12-8-3-1-2-6-4-7(10(13)14)5-11-9(6)8/h1-5,12-14H. The third-order valence-electron chi connectivity index (χ3n) is 2.01. The molecule has 0 atom stereocenters. The van der Waals surface area contributed by atoms with Crippen molar-refractivity contribution in [3.63, 3.8) is 0 Å². The molecule has 0 amide bonds. The van der Waals surface area contributed by atoms with E-state index in [4.69, 9.17) is 10.0 Å². The summed E-state index contributed by atoms with van der Waals surface area (Å²) in [6, 6.07) is 6.53. The normalized spacial score (nSPS) is 10.4. The summed E-state index contributed by atoms with van der Waals surface area (Å²) in [6.07, 6.45) is 1.33. The second kappa shape index (κ2) is 3.28. The molecule has 0 spiro atoms. The van der Waals surface area contributed by atoms with Gasteiger partial charge in [-0.1, -0.05) is 18.2 Å². The monoisotopic (exact) mass is 189 g/mol. The number of nitrogens with zero attached hydrogens (tertiary/aromatic N) is 1. The lowest BCUT2D eigenvalue weighted by atomic mass is 9.81. The summed E-state index contributed by atoms with van der Waals surface area (Å²) in [4.78, 5) is 3.93. The Kier molecular flexibility index (Phi) is 2.11. The molecule has 0 fully saturated rings. The van der Waals surface area contributed by atoms with Crippen LogP contribution < -0.4 is 5.46 Å². The minimum atomic E-state index is -1.53. The van der Waals surface area contributed by atoms with Gasteiger partial charge < -0.3 is 15.2 Å². The number of aromatic hydroxyl groups is 1. The fraction of sp³-hybridized carbons (Fsp3) is 0. The van der Waals surface area contributed by atoms with Crippen LogP contribution in [0.5, 0.6) is 5.75 Å². The molecule has 5 heteroatoms. The molecular weight excluding hydrogens is 181 g/mol. The smallest absolute Gasteiger partial charge is 0.490 e. The molecule has 1 aromatic carbocycles. The van der Waals surface area contributed by atoms with Crippen molar-refractivity contribution in [2.24, 2.45) is 0 Å². The Balaban J connectivity index is 2.67. The first-order chi connectivity index (χ1) is 6.68. The van der Waals surface area contributed by atoms with Gasteiger partial charge in [0.25, 0.3) is 0 Å². The highest BCUT2D eigenvalue weighted by atomic mass is 16.4. The maximum Gasteiger partial charge on any atom is 0.490 e. The Morgan fingerprint density at radius 1 is 1.21 bits per heavy atom. The van der Waals surface area contributed by atoms with Crippen LogP contribution >= 0.6 is 0 Å². The zero-order valence-corrected chi connectivity index (χ0v) is 7.25. The number of phenols is 1. The number of hydrogen-bond acceptors (Lipinski definition) is 4. The Hall–Kier alpha value is -1.59. The summed E-state index contributed by atoms with van der Waals surface area (Å²) in [7, 11) is -1.53. The minimum Gasteiger partial charge on any atom is -0.506 e. The van der Waals surface area contributed by atoms with Crippen molar-refractivity contribution in [1.29, 1.82) is 0 Å². The van der Waals surface area contributed by atoms with Crippen LogP contribution in [0.25, 0.3) is 10.9 Å². The highest BCUT2D eigenvalue weighted by molar-refractivity contribution is 6.58. The maximum absolute atomic E-state index is 9.41. The first-order valence-electron chi connectivity index (χ1n) is 4.12. The Morgan fingerprint density at radius 3 is 2.71 bits per heavy atom. The summed E-state index contributed by atoms with van der Waals surface area (Å²) in [5.41, 5.74) is 0.764. The van der Waals surface area contributed by atoms with Gasteiger partial charge >= 0.3 is 7.12 Å². The number of para-hydroxylation sites is 1. The molecule has 2 rings (SSSR count). The van der Waals surface area contributed by atoms with Gasteiger partial charge in [-0.3, -0.25) is 4.98 Å². The zero-order chi connectivity index (χ0) is 10.1. The second-order valence-corrected chi connectivity index (χ2v) is 2.99. The average Bonchev–Trinajstić information content (AvgIpc) is 2.17. The molecule has 0 unspecified atom stereocenters. The molecule has 0 aliphatic rings. The molecule has 2 aromatic rings. The van der Waals surface area contributed by atoms with E-state index in [0.29, 0.717) is 16.4 Å². The predicted octanol–water partition coefficient (Wildman–Crippen LogP) is -0.380. The van der Waals surface area contributed by atoms with Gasteiger partial charge in [-0.15, -0.1) is 0 Å². The Morgan fingerprint density at radius 2 is 2.00 bits per heavy atom. The van der Waals surface area contributed by atoms with Crippen LogP contribution in [0.3, 0.4) is 0 Å². The first-order valence-corrected chi connectivity index (χ1v) is 4.12. The molecular formula is C9H8BNO3. The predicted molar refractivity (Wildman–Crippen MR) is 53.2 cm³/mol. The molecule has 1 aromatic heterocycles. The fourth-order valence-corrected chi connectivity index (χ4v) is 1.30. The van der Waals surface area contributed by atoms with E-state index in [1.54, 1.807) is 18.2 Å². The summed E-state index contributed by atoms with van der Waals surface area (Å²) in [5, 5.41) is 27.9. The summed E-state index contributed by atoms with van der Waals surface area (Å²) in [6.45, 7) is 0. The lowest BCUT2D eigenvalue weighted by Crippen LogP contribution is -2.29. The van der Waals surface area contributed by atoms with E-state index in [-0.39, 0.29) is 5.75 Å². The van der Waals surface area contributed by atoms with Gasteiger partial charge in [-0.2, -0.15) is 0 Å². The molecule has 0 saturated heterocycles. The van der Waals surface area contributed by atoms with Gasteiger partial charge in [-0.25, -0.2) is 0 Å². The van der Waals surface area contributed by atoms with Crippen LogP contribution in [0.2, 0.25) is 0 Å². The zero-order valence-electron chi connectivity index (χ0n) is 7.25. The Labute approximate surface area is 80.6 Å². The molecule has 1 heterocycles. The maximum atomic E-state index is 9.41. The van der Waals surface area contributed by atoms with Crippen LogP contribution in [0.1, 0.15) is 0 Å². The fourth-order valence-electron chi connectivity index (χ4n) is 1.30. The number of rotatable bonds is 1. The van der Waals surface area contributed by atoms with Crippen LogP contribution in [0, 0.1) is 0 Å². The highest BCUT2D eigenvalue weighted by Crippen LogP contribution is 2.20. The average molecular weight is 189 g/mol. The molecule has 0 radical (unpaired) electrons. The largest absolute Gasteiger partial charge is 0.506 e. The minimum absolute atomic E-state index is 0.0847. The molecule has 70 valence electrons. The van der Waals surface area contributed by atoms with Crippen molar-refractivity contribution in [3.05, 3.63) is 30.5 Å². The van der Waals surface area contributed by atoms with Gasteiger partial charge in [0.15, 0.2) is 0 Å². The van der Waals surface area contributed by atoms with E-state index in [9.17, 15) is 5.11 Å². The molecule has 0 aliphatic carbocycles. The van der Waals surface area contributed by atoms with Crippen molar-refractivity contribution in [3.8, 4) is 5.75 Å². The molecule has 4 nitrogen and oxygen atoms in total. The molecule has 14 heavy (non-hydrogen) atoms. The second-order valence-electron chi connectivity index (χ2n) is 2.99. The lowest BCUT2D eigenvalue weighted by molar-refractivity contribution is 0.425. The number of phenolic OH excluding ortho intramolecular Hbond substituents is 1. The number of benzene rings is 1. The van der Waals surface area contributed by atoms with E-state index in [1.165, 1.54) is 12.3 Å². The first kappa shape index (κ1) is 8.99. The van der Waals surface area contributed by atoms with Crippen LogP contribution in [0.4, 0.5) is 0 Å². The van der Waals surface area contributed by atoms with E-state index >= 15 is 0 Å². The van der Waals surface area contributed by atoms with Crippen molar-refractivity contribution in [2.45, 2.75) is 0 Å². The van der Waals surface area contributed by atoms with E-state index in [1.807, 2.05) is 0 Å². The van der Waals surface area contributed by atoms with Crippen LogP contribution in [-0.4, -0.2) is 27.3 Å². The van der Waals surface area contributed by atoms with Crippen molar-refractivity contribution >= 4 is 23.5 Å². The third-order valence-corrected chi connectivity index (χ3v) is 2.01. The molecule has 3 N–H and O–H groups in total. The SMILES string of the molecule is OB(O)c1cnc2c(O)cccc2c1. The van der Waals surface area contributed by atoms with Gasteiger partial charge in [0, 0.05) is 17.0 Å². The molecule has 0 saturated carbocycles. The van der Waals surface area contributed by atoms with Crippen LogP contribution in [-0.2, 0) is 0 Å². The van der Waals surface area contributed by atoms with Crippen molar-refractivity contribution < 1.29 is 15.2 Å². The van der Waals surface area contributed by atoms with Gasteiger partial charge in [0.1, 0.15) is 11.3 Å².